The van der Waals surface area contributed by atoms with Gasteiger partial charge in [-0.2, -0.15) is 5.10 Å². The molecule has 4 rings (SSSR count). The average Bonchev–Trinajstić information content (AvgIpc) is 2.86. The van der Waals surface area contributed by atoms with Gasteiger partial charge >= 0.3 is 5.97 Å². The summed E-state index contributed by atoms with van der Waals surface area (Å²) < 4.78 is 6.37. The quantitative estimate of drug-likeness (QED) is 0.414. The van der Waals surface area contributed by atoms with Gasteiger partial charge in [0.05, 0.1) is 20.1 Å². The Labute approximate surface area is 198 Å². The maximum atomic E-state index is 13.3. The lowest BCUT2D eigenvalue weighted by molar-refractivity contribution is -0.907. The van der Waals surface area contributed by atoms with Crippen molar-refractivity contribution < 1.29 is 23.9 Å². The molecule has 3 aromatic rings. The number of carbonyl (C=O) groups excluding carboxylic acids is 2. The second kappa shape index (κ2) is 10.1. The molecule has 0 radical (unpaired) electrons. The van der Waals surface area contributed by atoms with Gasteiger partial charge in [-0.3, -0.25) is 4.79 Å². The van der Waals surface area contributed by atoms with Crippen molar-refractivity contribution in [3.05, 3.63) is 90.1 Å². The number of benzene rings is 2. The van der Waals surface area contributed by atoms with Crippen LogP contribution in [-0.2, 0) is 19.9 Å². The van der Waals surface area contributed by atoms with Gasteiger partial charge in [0.2, 0.25) is 5.60 Å². The van der Waals surface area contributed by atoms with Crippen molar-refractivity contribution in [2.75, 3.05) is 32.0 Å². The minimum atomic E-state index is -1.89. The van der Waals surface area contributed by atoms with Gasteiger partial charge in [-0.15, -0.1) is 5.10 Å². The molecule has 2 aromatic carbocycles. The third kappa shape index (κ3) is 5.30. The largest absolute Gasteiger partial charge is 0.459 e. The van der Waals surface area contributed by atoms with E-state index in [0.717, 1.165) is 0 Å². The summed E-state index contributed by atoms with van der Waals surface area (Å²) in [6.07, 6.45) is 2.41. The molecule has 176 valence electrons. The third-order valence-electron chi connectivity index (χ3n) is 6.30. The van der Waals surface area contributed by atoms with Crippen LogP contribution in [0.25, 0.3) is 0 Å². The van der Waals surface area contributed by atoms with Crippen LogP contribution < -0.4 is 5.32 Å². The number of amides is 1. The molecule has 1 amide bonds. The number of hydrogen-bond donors (Lipinski definition) is 2. The molecule has 1 aliphatic heterocycles. The number of likely N-dealkylation sites (N-methyl/N-ethyl adjacent to an activating group) is 1. The Balaban J connectivity index is 1.39. The minimum absolute atomic E-state index is 0.138. The zero-order valence-electron chi connectivity index (χ0n) is 19.1. The fourth-order valence-corrected chi connectivity index (χ4v) is 4.34. The first-order valence-electron chi connectivity index (χ1n) is 11.3. The van der Waals surface area contributed by atoms with E-state index in [-0.39, 0.29) is 18.6 Å². The second-order valence-corrected chi connectivity index (χ2v) is 8.93. The fraction of sp³-hybridized carbons (Fsp3) is 0.308. The van der Waals surface area contributed by atoms with Crippen molar-refractivity contribution in [1.82, 2.24) is 10.2 Å². The van der Waals surface area contributed by atoms with Crippen LogP contribution in [0.15, 0.2) is 79.0 Å². The molecule has 0 atom stereocenters. The molecule has 8 heteroatoms. The standard InChI is InChI=1S/C26H28N4O4/c1-30(19-24(31)28-23-13-8-16-27-29-23)17-14-22(15-18-30)34-25(32)26(33,20-9-4-2-5-10-20)21-11-6-3-7-12-21/h2-13,16,22,33H,14-15,17-19H2,1H3/p+1. The Kier molecular flexibility index (Phi) is 7.00. The molecule has 1 fully saturated rings. The first-order chi connectivity index (χ1) is 16.4. The first kappa shape index (κ1) is 23.5. The number of aromatic nitrogens is 2. The molecular weight excluding hydrogens is 432 g/mol. The number of ether oxygens (including phenoxy) is 1. The van der Waals surface area contributed by atoms with E-state index in [1.165, 1.54) is 0 Å². The SMILES string of the molecule is C[N+]1(CC(=O)Nc2cccnn2)CCC(OC(=O)C(O)(c2ccccc2)c2ccccc2)CC1. The monoisotopic (exact) mass is 461 g/mol. The normalized spacial score (nSPS) is 20.4. The maximum Gasteiger partial charge on any atom is 0.347 e. The Morgan fingerprint density at radius 2 is 1.59 bits per heavy atom. The van der Waals surface area contributed by atoms with E-state index in [2.05, 4.69) is 15.5 Å². The van der Waals surface area contributed by atoms with Crippen molar-refractivity contribution >= 4 is 17.7 Å². The maximum absolute atomic E-state index is 13.3. The lowest BCUT2D eigenvalue weighted by Crippen LogP contribution is -2.55. The van der Waals surface area contributed by atoms with Gasteiger partial charge < -0.3 is 19.6 Å². The molecule has 8 nitrogen and oxygen atoms in total. The van der Waals surface area contributed by atoms with Crippen molar-refractivity contribution in [3.8, 4) is 0 Å². The van der Waals surface area contributed by atoms with Gasteiger partial charge in [0, 0.05) is 19.0 Å². The summed E-state index contributed by atoms with van der Waals surface area (Å²) in [4.78, 5) is 25.8. The zero-order valence-corrected chi connectivity index (χ0v) is 19.1. The van der Waals surface area contributed by atoms with E-state index in [0.29, 0.717) is 47.4 Å². The number of likely N-dealkylation sites (tertiary alicyclic amines) is 1. The summed E-state index contributed by atoms with van der Waals surface area (Å²) in [5.41, 5.74) is -0.971. The molecule has 1 aromatic heterocycles. The fourth-order valence-electron chi connectivity index (χ4n) is 4.34. The van der Waals surface area contributed by atoms with Crippen molar-refractivity contribution in [1.29, 1.82) is 0 Å². The lowest BCUT2D eigenvalue weighted by Gasteiger charge is -2.40. The van der Waals surface area contributed by atoms with Crippen molar-refractivity contribution in [2.45, 2.75) is 24.5 Å². The molecule has 0 aliphatic carbocycles. The highest BCUT2D eigenvalue weighted by Gasteiger charge is 2.44. The van der Waals surface area contributed by atoms with Gasteiger partial charge in [0.25, 0.3) is 5.91 Å². The van der Waals surface area contributed by atoms with Crippen LogP contribution in [-0.4, -0.2) is 64.4 Å². The second-order valence-electron chi connectivity index (χ2n) is 8.93. The summed E-state index contributed by atoms with van der Waals surface area (Å²) >= 11 is 0. The molecule has 34 heavy (non-hydrogen) atoms. The van der Waals surface area contributed by atoms with Crippen LogP contribution >= 0.6 is 0 Å². The smallest absolute Gasteiger partial charge is 0.347 e. The molecule has 0 spiro atoms. The zero-order chi connectivity index (χ0) is 24.0. The summed E-state index contributed by atoms with van der Waals surface area (Å²) in [7, 11) is 2.01. The Morgan fingerprint density at radius 1 is 1.00 bits per heavy atom. The number of esters is 1. The van der Waals surface area contributed by atoms with Gasteiger partial charge in [0.15, 0.2) is 12.4 Å². The lowest BCUT2D eigenvalue weighted by atomic mass is 9.86. The Morgan fingerprint density at radius 3 is 2.12 bits per heavy atom. The molecule has 2 heterocycles. The van der Waals surface area contributed by atoms with Crippen LogP contribution in [0, 0.1) is 0 Å². The van der Waals surface area contributed by atoms with E-state index < -0.39 is 11.6 Å². The molecule has 1 aliphatic rings. The summed E-state index contributed by atoms with van der Waals surface area (Å²) in [5.74, 6) is -0.406. The van der Waals surface area contributed by atoms with Crippen molar-refractivity contribution in [2.24, 2.45) is 0 Å². The molecule has 0 bridgehead atoms. The predicted octanol–water partition coefficient (Wildman–Crippen LogP) is 2.50. The van der Waals surface area contributed by atoms with Crippen LogP contribution in [0.2, 0.25) is 0 Å². The number of hydrogen-bond acceptors (Lipinski definition) is 6. The number of anilines is 1. The summed E-state index contributed by atoms with van der Waals surface area (Å²) in [6, 6.07) is 21.1. The van der Waals surface area contributed by atoms with E-state index in [4.69, 9.17) is 4.74 Å². The minimum Gasteiger partial charge on any atom is -0.459 e. The first-order valence-corrected chi connectivity index (χ1v) is 11.3. The van der Waals surface area contributed by atoms with E-state index in [9.17, 15) is 14.7 Å². The van der Waals surface area contributed by atoms with E-state index in [1.54, 1.807) is 66.9 Å². The number of aliphatic hydroxyl groups is 1. The van der Waals surface area contributed by atoms with E-state index >= 15 is 0 Å². The predicted molar refractivity (Wildman–Crippen MR) is 126 cm³/mol. The Bertz CT molecular complexity index is 1060. The van der Waals surface area contributed by atoms with Crippen LogP contribution in [0.5, 0.6) is 0 Å². The van der Waals surface area contributed by atoms with Crippen LogP contribution in [0.3, 0.4) is 0 Å². The van der Waals surface area contributed by atoms with Gasteiger partial charge in [0.1, 0.15) is 6.10 Å². The highest BCUT2D eigenvalue weighted by atomic mass is 16.6. The summed E-state index contributed by atoms with van der Waals surface area (Å²) in [6.45, 7) is 1.62. The van der Waals surface area contributed by atoms with Gasteiger partial charge in [-0.25, -0.2) is 4.79 Å². The van der Waals surface area contributed by atoms with Crippen LogP contribution in [0.1, 0.15) is 24.0 Å². The highest BCUT2D eigenvalue weighted by Crippen LogP contribution is 2.32. The highest BCUT2D eigenvalue weighted by molar-refractivity contribution is 5.90. The Hall–Kier alpha value is -3.62. The third-order valence-corrected chi connectivity index (χ3v) is 6.30. The molecule has 2 N–H and O–H groups in total. The van der Waals surface area contributed by atoms with Gasteiger partial charge in [-0.1, -0.05) is 60.7 Å². The molecular formula is C26H29N4O4+. The van der Waals surface area contributed by atoms with Crippen LogP contribution in [0.4, 0.5) is 5.82 Å². The van der Waals surface area contributed by atoms with E-state index in [1.807, 2.05) is 19.2 Å². The number of nitrogens with zero attached hydrogens (tertiary/aromatic N) is 3. The number of nitrogens with one attached hydrogen (secondary N) is 1. The number of carbonyl (C=O) groups is 2. The number of piperidine rings is 1. The molecule has 1 saturated heterocycles. The van der Waals surface area contributed by atoms with Crippen molar-refractivity contribution in [3.63, 3.8) is 0 Å². The van der Waals surface area contributed by atoms with Gasteiger partial charge in [-0.05, 0) is 23.3 Å². The number of quaternary nitrogens is 1. The topological polar surface area (TPSA) is 101 Å². The average molecular weight is 462 g/mol. The molecule has 0 saturated carbocycles. The number of rotatable bonds is 7. The molecule has 0 unspecified atom stereocenters. The summed E-state index contributed by atoms with van der Waals surface area (Å²) in [5, 5.41) is 22.0.